The van der Waals surface area contributed by atoms with Gasteiger partial charge < -0.3 is 64.7 Å². The number of carbonyl (C=O) groups excluding carboxylic acids is 2. The minimum absolute atomic E-state index is 0.0515. The fourth-order valence-electron chi connectivity index (χ4n) is 12.5. The number of aliphatic hydroxyl groups excluding tert-OH is 4. The van der Waals surface area contributed by atoms with E-state index >= 15 is 0 Å². The Hall–Kier alpha value is -5.32. The Kier molecular flexibility index (Phi) is 20.0. The van der Waals surface area contributed by atoms with Crippen LogP contribution in [0.1, 0.15) is 154 Å². The van der Waals surface area contributed by atoms with E-state index in [0.717, 1.165) is 108 Å². The Balaban J connectivity index is 0.000000161. The zero-order valence-electron chi connectivity index (χ0n) is 45.6. The highest BCUT2D eigenvalue weighted by atomic mass is 16.7. The van der Waals surface area contributed by atoms with Crippen LogP contribution in [0.5, 0.6) is 40.2 Å². The number of carbonyl (C=O) groups is 2. The number of ether oxygens (including phenoxy) is 5. The van der Waals surface area contributed by atoms with E-state index in [1.165, 1.54) is 12.7 Å². The molecule has 0 spiro atoms. The van der Waals surface area contributed by atoms with Crippen LogP contribution in [-0.2, 0) is 33.6 Å². The van der Waals surface area contributed by atoms with Crippen molar-refractivity contribution < 1.29 is 69.0 Å². The molecule has 2 heterocycles. The van der Waals surface area contributed by atoms with E-state index in [-0.39, 0.29) is 86.1 Å². The van der Waals surface area contributed by atoms with Crippen molar-refractivity contribution in [2.45, 2.75) is 150 Å². The van der Waals surface area contributed by atoms with Gasteiger partial charge in [-0.25, -0.2) is 0 Å². The molecule has 9 rings (SSSR count). The molecule has 0 saturated heterocycles. The predicted octanol–water partition coefficient (Wildman–Crippen LogP) is 8.69. The molecule has 0 unspecified atom stereocenters. The van der Waals surface area contributed by atoms with Gasteiger partial charge in [-0.1, -0.05) is 39.8 Å². The molecular formula is C59H83NO14. The van der Waals surface area contributed by atoms with Crippen molar-refractivity contribution in [2.75, 3.05) is 54.5 Å². The van der Waals surface area contributed by atoms with E-state index in [4.69, 9.17) is 23.7 Å². The zero-order chi connectivity index (χ0) is 54.3. The first-order chi connectivity index (χ1) is 35.4. The first-order valence-electron chi connectivity index (χ1n) is 26.6. The number of nitrogens with one attached hydrogen (secondary N) is 1. The van der Waals surface area contributed by atoms with E-state index in [2.05, 4.69) is 38.2 Å². The molecule has 15 heteroatoms. The third-order valence-electron chi connectivity index (χ3n) is 16.3. The SMILES string of the molecule is CC[C@@H]1C[C@H](CO)CC2=C1C(=O)C(OC)=C(C)C2=O.CC[C@@H]1C[C@H](CO)Cc2c(O)c(C)c3c(c21)OCO3.CC[C@@H]1C[C@H](CO)Cc2cc(C)c(OC)c(O)c21.CC[C@@H]1N[C@H](CO)Cc2cc(C)c(OC)c(O)c21. The lowest BCUT2D eigenvalue weighted by Gasteiger charge is -2.34. The van der Waals surface area contributed by atoms with Crippen LogP contribution in [0, 0.1) is 44.4 Å². The number of phenolic OH excluding ortho intramolecular Hbond substituents is 3. The number of fused-ring (bicyclic) bond motifs is 5. The van der Waals surface area contributed by atoms with Gasteiger partial charge in [-0.2, -0.15) is 0 Å². The van der Waals surface area contributed by atoms with E-state index < -0.39 is 0 Å². The number of rotatable bonds is 11. The molecule has 4 aliphatic carbocycles. The molecule has 3 aromatic carbocycles. The van der Waals surface area contributed by atoms with Crippen molar-refractivity contribution in [1.29, 1.82) is 0 Å². The van der Waals surface area contributed by atoms with Crippen molar-refractivity contribution in [3.05, 3.63) is 84.7 Å². The summed E-state index contributed by atoms with van der Waals surface area (Å²) in [6.07, 6.45) is 9.06. The Bertz CT molecular complexity index is 2500. The van der Waals surface area contributed by atoms with Gasteiger partial charge in [-0.15, -0.1) is 0 Å². The number of Topliss-reactive ketones (excluding diaryl/α,β-unsaturated/α-hetero) is 2. The number of hydrogen-bond donors (Lipinski definition) is 8. The van der Waals surface area contributed by atoms with Crippen LogP contribution >= 0.6 is 0 Å². The third kappa shape index (κ3) is 11.4. The maximum absolute atomic E-state index is 12.5. The van der Waals surface area contributed by atoms with Gasteiger partial charge in [0, 0.05) is 76.4 Å². The van der Waals surface area contributed by atoms with Crippen molar-refractivity contribution in [1.82, 2.24) is 5.32 Å². The maximum atomic E-state index is 12.5. The summed E-state index contributed by atoms with van der Waals surface area (Å²) < 4.78 is 26.8. The Morgan fingerprint density at radius 1 is 0.581 bits per heavy atom. The summed E-state index contributed by atoms with van der Waals surface area (Å²) in [5, 5.41) is 72.0. The molecule has 15 nitrogen and oxygen atoms in total. The smallest absolute Gasteiger partial charge is 0.231 e. The molecule has 0 bridgehead atoms. The highest BCUT2D eigenvalue weighted by Gasteiger charge is 2.41. The molecule has 0 saturated carbocycles. The predicted molar refractivity (Wildman–Crippen MR) is 283 cm³/mol. The normalized spacial score (nSPS) is 24.4. The third-order valence-corrected chi connectivity index (χ3v) is 16.3. The van der Waals surface area contributed by atoms with Crippen LogP contribution in [0.4, 0.5) is 0 Å². The molecule has 74 heavy (non-hydrogen) atoms. The lowest BCUT2D eigenvalue weighted by atomic mass is 9.70. The van der Waals surface area contributed by atoms with Gasteiger partial charge in [-0.05, 0) is 156 Å². The van der Waals surface area contributed by atoms with Crippen LogP contribution in [0.15, 0.2) is 34.6 Å². The molecule has 8 N–H and O–H groups in total. The fourth-order valence-corrected chi connectivity index (χ4v) is 12.5. The fraction of sp³-hybridized carbons (Fsp3) is 0.593. The second-order valence-electron chi connectivity index (χ2n) is 20.9. The number of aliphatic hydroxyl groups is 4. The van der Waals surface area contributed by atoms with Crippen LogP contribution in [0.25, 0.3) is 0 Å². The molecule has 3 aromatic rings. The van der Waals surface area contributed by atoms with Crippen LogP contribution in [-0.4, -0.2) is 108 Å². The summed E-state index contributed by atoms with van der Waals surface area (Å²) in [5.74, 6) is 4.77. The standard InChI is InChI=1S/2C15H20O4.C15H22O3.C14H21NO3/c1-3-10-4-9(6-16)5-11-12(10)15-14(18-7-19-15)8(2)13(11)17;1-4-10-5-9(7-16)6-11-12(10)14(18)15(19-3)8(2)13(11)17;1-4-11-6-10(8-16)7-12-5-9(2)15(18-3)14(17)13(11)12;1-4-11-12-9(6-10(7-16)15-11)5-8(2)14(18-3)13(12)17/h9-10,16-17H,3-7H2,1-2H3;9-10,16H,4-7H2,1-3H3;5,10-11,16-17H,4,6-8H2,1-3H3;5,10-11,15-17H,4,6-7H2,1-3H3/t2*9-,10+;10-,11+;10-,11-/m0000/s1. The summed E-state index contributed by atoms with van der Waals surface area (Å²) in [5.41, 5.74) is 10.5. The van der Waals surface area contributed by atoms with Crippen molar-refractivity contribution >= 4 is 11.6 Å². The average molecular weight is 1030 g/mol. The summed E-state index contributed by atoms with van der Waals surface area (Å²) in [6.45, 7) is 16.5. The molecule has 2 aliphatic heterocycles. The molecule has 0 amide bonds. The molecular weight excluding hydrogens is 947 g/mol. The van der Waals surface area contributed by atoms with Crippen LogP contribution in [0.3, 0.4) is 0 Å². The number of methoxy groups -OCH3 is 3. The second-order valence-corrected chi connectivity index (χ2v) is 20.9. The Morgan fingerprint density at radius 2 is 1.09 bits per heavy atom. The molecule has 0 radical (unpaired) electrons. The van der Waals surface area contributed by atoms with Gasteiger partial charge in [0.2, 0.25) is 12.6 Å². The van der Waals surface area contributed by atoms with Gasteiger partial charge >= 0.3 is 0 Å². The minimum atomic E-state index is -0.141. The van der Waals surface area contributed by atoms with Gasteiger partial charge in [0.25, 0.3) is 0 Å². The van der Waals surface area contributed by atoms with E-state index in [0.29, 0.717) is 76.1 Å². The topological polar surface area (TPSA) is 234 Å². The summed E-state index contributed by atoms with van der Waals surface area (Å²) in [4.78, 5) is 24.8. The number of hydrogen-bond acceptors (Lipinski definition) is 15. The summed E-state index contributed by atoms with van der Waals surface area (Å²) in [7, 11) is 4.59. The van der Waals surface area contributed by atoms with Gasteiger partial charge in [0.05, 0.1) is 27.9 Å². The first kappa shape index (κ1) is 57.9. The Morgan fingerprint density at radius 3 is 1.62 bits per heavy atom. The molecule has 6 aliphatic rings. The molecule has 8 atom stereocenters. The monoisotopic (exact) mass is 1030 g/mol. The lowest BCUT2D eigenvalue weighted by molar-refractivity contribution is -0.119. The van der Waals surface area contributed by atoms with E-state index in [1.807, 2.05) is 27.7 Å². The van der Waals surface area contributed by atoms with Crippen molar-refractivity contribution in [3.8, 4) is 40.2 Å². The van der Waals surface area contributed by atoms with Crippen molar-refractivity contribution in [2.24, 2.45) is 23.7 Å². The van der Waals surface area contributed by atoms with E-state index in [1.54, 1.807) is 21.1 Å². The van der Waals surface area contributed by atoms with E-state index in [9.17, 15) is 45.3 Å². The number of ketones is 2. The summed E-state index contributed by atoms with van der Waals surface area (Å²) >= 11 is 0. The van der Waals surface area contributed by atoms with Gasteiger partial charge in [-0.3, -0.25) is 9.59 Å². The van der Waals surface area contributed by atoms with Gasteiger partial charge in [0.15, 0.2) is 46.0 Å². The molecule has 408 valence electrons. The maximum Gasteiger partial charge on any atom is 0.231 e. The first-order valence-corrected chi connectivity index (χ1v) is 26.6. The number of aryl methyl sites for hydroxylation is 2. The number of aromatic hydroxyl groups is 3. The summed E-state index contributed by atoms with van der Waals surface area (Å²) in [6, 6.07) is 4.29. The van der Waals surface area contributed by atoms with Crippen molar-refractivity contribution in [3.63, 3.8) is 0 Å². The van der Waals surface area contributed by atoms with Crippen LogP contribution in [0.2, 0.25) is 0 Å². The quantitative estimate of drug-likeness (QED) is 0.0840. The Labute approximate surface area is 437 Å². The average Bonchev–Trinajstić information content (AvgIpc) is 3.91. The largest absolute Gasteiger partial charge is 0.507 e. The second kappa shape index (κ2) is 25.5. The van der Waals surface area contributed by atoms with Crippen LogP contribution < -0.4 is 24.3 Å². The van der Waals surface area contributed by atoms with Gasteiger partial charge in [0.1, 0.15) is 5.75 Å². The highest BCUT2D eigenvalue weighted by Crippen LogP contribution is 2.54. The lowest BCUT2D eigenvalue weighted by Crippen LogP contribution is -2.41. The number of benzene rings is 3. The zero-order valence-corrected chi connectivity index (χ0v) is 45.6. The highest BCUT2D eigenvalue weighted by molar-refractivity contribution is 6.24. The molecule has 0 fully saturated rings. The minimum Gasteiger partial charge on any atom is -0.507 e. The molecule has 0 aromatic heterocycles. The number of allylic oxidation sites excluding steroid dienone is 3. The number of phenols is 3.